The van der Waals surface area contributed by atoms with Gasteiger partial charge in [-0.1, -0.05) is 22.8 Å². The highest BCUT2D eigenvalue weighted by Gasteiger charge is 2.20. The van der Waals surface area contributed by atoms with Crippen molar-refractivity contribution in [1.82, 2.24) is 9.46 Å². The Morgan fingerprint density at radius 2 is 1.79 bits per heavy atom. The molecule has 3 aromatic rings. The Bertz CT molecular complexity index is 1120. The molecule has 1 amide bonds. The highest BCUT2D eigenvalue weighted by Crippen LogP contribution is 2.25. The molecular formula is C19H18ClN3O4S. The first-order valence-electron chi connectivity index (χ1n) is 8.25. The first kappa shape index (κ1) is 20.1. The average molecular weight is 420 g/mol. The van der Waals surface area contributed by atoms with Gasteiger partial charge < -0.3 is 9.84 Å². The third-order valence-electron chi connectivity index (χ3n) is 4.11. The highest BCUT2D eigenvalue weighted by molar-refractivity contribution is 7.89. The molecule has 1 N–H and O–H groups in total. The van der Waals surface area contributed by atoms with E-state index in [1.165, 1.54) is 32.3 Å². The Morgan fingerprint density at radius 3 is 2.43 bits per heavy atom. The first-order chi connectivity index (χ1) is 13.2. The van der Waals surface area contributed by atoms with Gasteiger partial charge in [0.05, 0.1) is 4.90 Å². The van der Waals surface area contributed by atoms with Crippen LogP contribution in [0.1, 0.15) is 16.1 Å². The van der Waals surface area contributed by atoms with Crippen molar-refractivity contribution < 1.29 is 17.7 Å². The molecule has 9 heteroatoms. The van der Waals surface area contributed by atoms with E-state index in [4.69, 9.17) is 16.1 Å². The molecule has 7 nitrogen and oxygen atoms in total. The number of amides is 1. The van der Waals surface area contributed by atoms with Crippen LogP contribution in [-0.2, 0) is 10.0 Å². The lowest BCUT2D eigenvalue weighted by molar-refractivity contribution is 0.101. The number of aryl methyl sites for hydroxylation is 1. The molecule has 0 aliphatic rings. The van der Waals surface area contributed by atoms with Gasteiger partial charge in [-0.2, -0.15) is 0 Å². The molecule has 0 fully saturated rings. The van der Waals surface area contributed by atoms with E-state index in [1.54, 1.807) is 37.3 Å². The topological polar surface area (TPSA) is 92.5 Å². The molecule has 0 bridgehead atoms. The van der Waals surface area contributed by atoms with Crippen molar-refractivity contribution in [3.8, 4) is 11.3 Å². The second-order valence-corrected chi connectivity index (χ2v) is 8.89. The zero-order valence-electron chi connectivity index (χ0n) is 15.4. The monoisotopic (exact) mass is 419 g/mol. The van der Waals surface area contributed by atoms with Crippen molar-refractivity contribution in [2.24, 2.45) is 0 Å². The molecule has 0 saturated heterocycles. The van der Waals surface area contributed by atoms with Crippen molar-refractivity contribution in [2.75, 3.05) is 19.4 Å². The van der Waals surface area contributed by atoms with Crippen molar-refractivity contribution in [2.45, 2.75) is 11.8 Å². The summed E-state index contributed by atoms with van der Waals surface area (Å²) in [6, 6.07) is 13.0. The zero-order chi connectivity index (χ0) is 20.5. The van der Waals surface area contributed by atoms with Crippen molar-refractivity contribution in [1.29, 1.82) is 0 Å². The minimum atomic E-state index is -3.61. The number of aromatic nitrogens is 1. The Labute approximate surface area is 168 Å². The summed E-state index contributed by atoms with van der Waals surface area (Å²) < 4.78 is 31.0. The fourth-order valence-corrected chi connectivity index (χ4v) is 3.48. The summed E-state index contributed by atoms with van der Waals surface area (Å²) in [5, 5.41) is 7.07. The van der Waals surface area contributed by atoms with Crippen LogP contribution in [0.3, 0.4) is 0 Å². The average Bonchev–Trinajstić information content (AvgIpc) is 3.14. The van der Waals surface area contributed by atoms with Gasteiger partial charge in [0.15, 0.2) is 11.5 Å². The predicted molar refractivity (Wildman–Crippen MR) is 107 cm³/mol. The quantitative estimate of drug-likeness (QED) is 0.678. The van der Waals surface area contributed by atoms with E-state index in [0.29, 0.717) is 22.0 Å². The number of hydrogen-bond acceptors (Lipinski definition) is 5. The summed E-state index contributed by atoms with van der Waals surface area (Å²) in [4.78, 5) is 12.6. The Balaban J connectivity index is 1.85. The van der Waals surface area contributed by atoms with E-state index in [9.17, 15) is 13.2 Å². The number of carbonyl (C=O) groups excluding carboxylic acids is 1. The van der Waals surface area contributed by atoms with E-state index in [1.807, 2.05) is 0 Å². The maximum atomic E-state index is 12.5. The standard InChI is InChI=1S/C19H18ClN3O4S/c1-12-4-9-15(28(25,26)23(2)3)10-16(12)21-19(24)17-11-18(27-22-17)13-5-7-14(20)8-6-13/h4-11H,1-3H3,(H,21,24). The predicted octanol–water partition coefficient (Wildman–Crippen LogP) is 3.81. The van der Waals surface area contributed by atoms with Crippen LogP contribution in [-0.4, -0.2) is 37.9 Å². The Kier molecular flexibility index (Phi) is 5.55. The molecule has 0 aliphatic heterocycles. The second-order valence-electron chi connectivity index (χ2n) is 6.30. The second kappa shape index (κ2) is 7.75. The van der Waals surface area contributed by atoms with E-state index in [0.717, 1.165) is 9.87 Å². The zero-order valence-corrected chi connectivity index (χ0v) is 17.0. The summed E-state index contributed by atoms with van der Waals surface area (Å²) in [6.07, 6.45) is 0. The van der Waals surface area contributed by atoms with Gasteiger partial charge >= 0.3 is 0 Å². The van der Waals surface area contributed by atoms with Crippen molar-refractivity contribution in [3.05, 3.63) is 64.8 Å². The number of rotatable bonds is 5. The maximum absolute atomic E-state index is 12.5. The minimum absolute atomic E-state index is 0.0743. The number of nitrogens with zero attached hydrogens (tertiary/aromatic N) is 2. The molecular weight excluding hydrogens is 402 g/mol. The lowest BCUT2D eigenvalue weighted by Crippen LogP contribution is -2.22. The number of benzene rings is 2. The van der Waals surface area contributed by atoms with E-state index in [2.05, 4.69) is 10.5 Å². The van der Waals surface area contributed by atoms with Gasteiger partial charge in [-0.05, 0) is 48.9 Å². The largest absolute Gasteiger partial charge is 0.355 e. The van der Waals surface area contributed by atoms with Crippen LogP contribution in [0.25, 0.3) is 11.3 Å². The molecule has 3 rings (SSSR count). The van der Waals surface area contributed by atoms with Gasteiger partial charge in [0.25, 0.3) is 5.91 Å². The van der Waals surface area contributed by atoms with Gasteiger partial charge in [0.1, 0.15) is 0 Å². The SMILES string of the molecule is Cc1ccc(S(=O)(=O)N(C)C)cc1NC(=O)c1cc(-c2ccc(Cl)cc2)on1. The summed E-state index contributed by atoms with van der Waals surface area (Å²) in [5.41, 5.74) is 1.90. The lowest BCUT2D eigenvalue weighted by Gasteiger charge is -2.14. The van der Waals surface area contributed by atoms with E-state index in [-0.39, 0.29) is 10.6 Å². The van der Waals surface area contributed by atoms with Crippen LogP contribution < -0.4 is 5.32 Å². The Hall–Kier alpha value is -2.68. The van der Waals surface area contributed by atoms with Gasteiger partial charge in [-0.3, -0.25) is 4.79 Å². The molecule has 146 valence electrons. The third kappa shape index (κ3) is 4.09. The van der Waals surface area contributed by atoms with Crippen LogP contribution in [0.5, 0.6) is 0 Å². The molecule has 2 aromatic carbocycles. The van der Waals surface area contributed by atoms with E-state index >= 15 is 0 Å². The lowest BCUT2D eigenvalue weighted by atomic mass is 10.1. The fraction of sp³-hybridized carbons (Fsp3) is 0.158. The molecule has 1 heterocycles. The van der Waals surface area contributed by atoms with Crippen LogP contribution in [0, 0.1) is 6.92 Å². The summed E-state index contributed by atoms with van der Waals surface area (Å²) >= 11 is 5.87. The van der Waals surface area contributed by atoms with Gasteiger partial charge in [0, 0.05) is 36.4 Å². The smallest absolute Gasteiger partial charge is 0.277 e. The van der Waals surface area contributed by atoms with Crippen LogP contribution in [0.4, 0.5) is 5.69 Å². The van der Waals surface area contributed by atoms with Gasteiger partial charge in [0.2, 0.25) is 10.0 Å². The number of hydrogen-bond donors (Lipinski definition) is 1. The third-order valence-corrected chi connectivity index (χ3v) is 6.17. The number of anilines is 1. The molecule has 1 aromatic heterocycles. The number of carbonyl (C=O) groups is 1. The molecule has 0 spiro atoms. The van der Waals surface area contributed by atoms with Gasteiger partial charge in [-0.25, -0.2) is 12.7 Å². The fourth-order valence-electron chi connectivity index (χ4n) is 2.43. The molecule has 0 unspecified atom stereocenters. The van der Waals surface area contributed by atoms with Crippen LogP contribution in [0.15, 0.2) is 57.9 Å². The summed E-state index contributed by atoms with van der Waals surface area (Å²) in [6.45, 7) is 1.77. The number of nitrogens with one attached hydrogen (secondary N) is 1. The first-order valence-corrected chi connectivity index (χ1v) is 10.1. The number of sulfonamides is 1. The molecule has 0 radical (unpaired) electrons. The highest BCUT2D eigenvalue weighted by atomic mass is 35.5. The van der Waals surface area contributed by atoms with Crippen LogP contribution in [0.2, 0.25) is 5.02 Å². The summed E-state index contributed by atoms with van der Waals surface area (Å²) in [7, 11) is -0.724. The van der Waals surface area contributed by atoms with E-state index < -0.39 is 15.9 Å². The van der Waals surface area contributed by atoms with Crippen molar-refractivity contribution >= 4 is 33.2 Å². The number of halogens is 1. The molecule has 0 saturated carbocycles. The normalized spacial score (nSPS) is 11.6. The van der Waals surface area contributed by atoms with Crippen molar-refractivity contribution in [3.63, 3.8) is 0 Å². The van der Waals surface area contributed by atoms with Gasteiger partial charge in [-0.15, -0.1) is 0 Å². The maximum Gasteiger partial charge on any atom is 0.277 e. The van der Waals surface area contributed by atoms with Crippen LogP contribution >= 0.6 is 11.6 Å². The molecule has 28 heavy (non-hydrogen) atoms. The minimum Gasteiger partial charge on any atom is -0.355 e. The molecule has 0 atom stereocenters. The Morgan fingerprint density at radius 1 is 1.11 bits per heavy atom. The molecule has 0 aliphatic carbocycles. The summed E-state index contributed by atoms with van der Waals surface area (Å²) in [5.74, 6) is -0.0889.